The molecule has 10 nitrogen and oxygen atoms in total. The number of rotatable bonds is 10. The molecule has 1 aliphatic rings. The van der Waals surface area contributed by atoms with Crippen LogP contribution in [-0.4, -0.2) is 66.6 Å². The Labute approximate surface area is 277 Å². The fourth-order valence-corrected chi connectivity index (χ4v) is 7.13. The molecular formula is C34H39F3N4O6S. The Morgan fingerprint density at radius 3 is 2.40 bits per heavy atom. The minimum atomic E-state index is -4.46. The van der Waals surface area contributed by atoms with Crippen molar-refractivity contribution < 1.29 is 41.4 Å². The van der Waals surface area contributed by atoms with Crippen molar-refractivity contribution in [3.8, 4) is 0 Å². The number of carbonyl (C=O) groups is 2. The van der Waals surface area contributed by atoms with E-state index in [-0.39, 0.29) is 31.5 Å². The molecule has 14 heteroatoms. The molecule has 0 fully saturated rings. The lowest BCUT2D eigenvalue weighted by Gasteiger charge is -2.26. The van der Waals surface area contributed by atoms with E-state index in [2.05, 4.69) is 10.6 Å². The first-order valence-corrected chi connectivity index (χ1v) is 16.8. The quantitative estimate of drug-likeness (QED) is 0.179. The molecule has 0 bridgehead atoms. The molecule has 1 aromatic heterocycles. The molecule has 1 unspecified atom stereocenters. The largest absolute Gasteiger partial charge is 0.483 e. The van der Waals surface area contributed by atoms with Crippen LogP contribution in [0.5, 0.6) is 0 Å². The predicted molar refractivity (Wildman–Crippen MR) is 177 cm³/mol. The van der Waals surface area contributed by atoms with E-state index in [0.29, 0.717) is 24.2 Å². The summed E-state index contributed by atoms with van der Waals surface area (Å²) >= 11 is 0. The fourth-order valence-electron chi connectivity index (χ4n) is 5.83. The van der Waals surface area contributed by atoms with Gasteiger partial charge in [-0.3, -0.25) is 13.9 Å². The van der Waals surface area contributed by atoms with Gasteiger partial charge in [0.1, 0.15) is 0 Å². The van der Waals surface area contributed by atoms with Gasteiger partial charge in [-0.25, -0.2) is 8.42 Å². The Kier molecular flexibility index (Phi) is 11.6. The van der Waals surface area contributed by atoms with Crippen molar-refractivity contribution in [2.75, 3.05) is 17.9 Å². The van der Waals surface area contributed by atoms with Gasteiger partial charge >= 0.3 is 6.18 Å². The lowest BCUT2D eigenvalue weighted by atomic mass is 9.99. The van der Waals surface area contributed by atoms with E-state index in [4.69, 9.17) is 9.90 Å². The van der Waals surface area contributed by atoms with Crippen LogP contribution in [0.2, 0.25) is 0 Å². The zero-order chi connectivity index (χ0) is 35.2. The number of halogens is 3. The molecule has 1 amide bonds. The van der Waals surface area contributed by atoms with Gasteiger partial charge in [-0.1, -0.05) is 55.5 Å². The SMILES string of the molecule is CCc1cn2c3c(cc(C(=O)N[C@@H](Cc4ccccc4)[C@H](O)CNCc4cccc(C(F)(F)F)c4)cc13)N(C)S(=O)(=O)C(C)C2.O=CO. The first-order chi connectivity index (χ1) is 22.7. The molecule has 4 aromatic rings. The summed E-state index contributed by atoms with van der Waals surface area (Å²) in [5.41, 5.74) is 2.92. The van der Waals surface area contributed by atoms with Gasteiger partial charge in [0.15, 0.2) is 0 Å². The van der Waals surface area contributed by atoms with Crippen LogP contribution >= 0.6 is 0 Å². The van der Waals surface area contributed by atoms with Gasteiger partial charge in [0.25, 0.3) is 12.4 Å². The average Bonchev–Trinajstić information content (AvgIpc) is 3.38. The maximum Gasteiger partial charge on any atom is 0.416 e. The molecule has 3 atom stereocenters. The topological polar surface area (TPSA) is 141 Å². The van der Waals surface area contributed by atoms with Crippen molar-refractivity contribution in [2.45, 2.75) is 63.4 Å². The van der Waals surface area contributed by atoms with Crippen LogP contribution in [0, 0.1) is 0 Å². The second-order valence-corrected chi connectivity index (χ2v) is 14.0. The van der Waals surface area contributed by atoms with Crippen LogP contribution in [0.4, 0.5) is 18.9 Å². The molecule has 0 aliphatic carbocycles. The summed E-state index contributed by atoms with van der Waals surface area (Å²) in [5, 5.41) is 24.2. The monoisotopic (exact) mass is 688 g/mol. The van der Waals surface area contributed by atoms with Crippen molar-refractivity contribution >= 4 is 39.0 Å². The molecule has 4 N–H and O–H groups in total. The Hall–Kier alpha value is -4.40. The van der Waals surface area contributed by atoms with E-state index >= 15 is 0 Å². The number of carboxylic acid groups (broad SMARTS) is 1. The Morgan fingerprint density at radius 1 is 1.08 bits per heavy atom. The Balaban J connectivity index is 0.00000167. The van der Waals surface area contributed by atoms with Gasteiger partial charge < -0.3 is 25.4 Å². The van der Waals surface area contributed by atoms with Crippen LogP contribution in [0.3, 0.4) is 0 Å². The molecule has 5 rings (SSSR count). The second-order valence-electron chi connectivity index (χ2n) is 11.6. The number of alkyl halides is 3. The summed E-state index contributed by atoms with van der Waals surface area (Å²) in [6.07, 6.45) is -2.64. The van der Waals surface area contributed by atoms with Crippen LogP contribution in [-0.2, 0) is 46.9 Å². The summed E-state index contributed by atoms with van der Waals surface area (Å²) in [6, 6.07) is 16.8. The number of hydrogen-bond acceptors (Lipinski definition) is 6. The van der Waals surface area contributed by atoms with Crippen molar-refractivity contribution in [1.82, 2.24) is 15.2 Å². The number of hydrogen-bond donors (Lipinski definition) is 4. The third kappa shape index (κ3) is 8.17. The summed E-state index contributed by atoms with van der Waals surface area (Å²) in [4.78, 5) is 22.2. The molecule has 1 aliphatic heterocycles. The van der Waals surface area contributed by atoms with E-state index in [9.17, 15) is 31.5 Å². The first-order valence-electron chi connectivity index (χ1n) is 15.3. The second kappa shape index (κ2) is 15.2. The van der Waals surface area contributed by atoms with Crippen LogP contribution in [0.15, 0.2) is 72.9 Å². The Bertz CT molecular complexity index is 1850. The maximum absolute atomic E-state index is 13.8. The molecular weight excluding hydrogens is 649 g/mol. The van der Waals surface area contributed by atoms with Gasteiger partial charge in [0, 0.05) is 43.8 Å². The van der Waals surface area contributed by atoms with Crippen LogP contribution in [0.1, 0.15) is 46.5 Å². The number of benzene rings is 3. The lowest BCUT2D eigenvalue weighted by molar-refractivity contribution is -0.137. The number of aryl methyl sites for hydroxylation is 1. The van der Waals surface area contributed by atoms with E-state index in [0.717, 1.165) is 34.2 Å². The number of aliphatic hydroxyl groups is 1. The summed E-state index contributed by atoms with van der Waals surface area (Å²) < 4.78 is 69.1. The van der Waals surface area contributed by atoms with Crippen molar-refractivity contribution in [3.05, 3.63) is 101 Å². The third-order valence-electron chi connectivity index (χ3n) is 8.38. The lowest BCUT2D eigenvalue weighted by Crippen LogP contribution is -2.48. The summed E-state index contributed by atoms with van der Waals surface area (Å²) in [6.45, 7) is 3.79. The number of sulfonamides is 1. The van der Waals surface area contributed by atoms with Gasteiger partial charge in [0.05, 0.1) is 34.2 Å². The predicted octanol–water partition coefficient (Wildman–Crippen LogP) is 4.58. The normalized spacial score (nSPS) is 16.7. The van der Waals surface area contributed by atoms with Gasteiger partial charge in [-0.2, -0.15) is 13.2 Å². The maximum atomic E-state index is 13.8. The van der Waals surface area contributed by atoms with Crippen LogP contribution in [0.25, 0.3) is 10.9 Å². The van der Waals surface area contributed by atoms with Gasteiger partial charge in [-0.15, -0.1) is 0 Å². The highest BCUT2D eigenvalue weighted by Crippen LogP contribution is 2.37. The number of carbonyl (C=O) groups excluding carboxylic acids is 1. The molecule has 48 heavy (non-hydrogen) atoms. The number of nitrogens with one attached hydrogen (secondary N) is 2. The summed E-state index contributed by atoms with van der Waals surface area (Å²) in [7, 11) is -2.18. The molecule has 258 valence electrons. The highest BCUT2D eigenvalue weighted by atomic mass is 32.2. The molecule has 0 saturated carbocycles. The number of aromatic nitrogens is 1. The number of nitrogens with zero attached hydrogens (tertiary/aromatic N) is 2. The van der Waals surface area contributed by atoms with Crippen molar-refractivity contribution in [2.24, 2.45) is 0 Å². The summed E-state index contributed by atoms with van der Waals surface area (Å²) in [5.74, 6) is -0.482. The van der Waals surface area contributed by atoms with Crippen LogP contribution < -0.4 is 14.9 Å². The van der Waals surface area contributed by atoms with E-state index in [1.807, 2.05) is 48.0 Å². The fraction of sp³-hybridized carbons (Fsp3) is 0.353. The van der Waals surface area contributed by atoms with Crippen molar-refractivity contribution in [1.29, 1.82) is 0 Å². The zero-order valence-corrected chi connectivity index (χ0v) is 27.6. The highest BCUT2D eigenvalue weighted by molar-refractivity contribution is 7.93. The highest BCUT2D eigenvalue weighted by Gasteiger charge is 2.34. The molecule has 2 heterocycles. The first kappa shape index (κ1) is 36.4. The Morgan fingerprint density at radius 2 is 1.75 bits per heavy atom. The molecule has 3 aromatic carbocycles. The van der Waals surface area contributed by atoms with E-state index in [1.165, 1.54) is 17.4 Å². The van der Waals surface area contributed by atoms with Crippen molar-refractivity contribution in [3.63, 3.8) is 0 Å². The molecule has 0 saturated heterocycles. The number of amides is 1. The molecule has 0 radical (unpaired) electrons. The number of aliphatic hydroxyl groups excluding tert-OH is 1. The van der Waals surface area contributed by atoms with Gasteiger partial charge in [-0.05, 0) is 54.7 Å². The standard InChI is InChI=1S/C33H37F3N4O4S.CH2O2/c1-4-24-20-40-19-21(2)45(43,44)39(3)29-16-25(15-27(24)31(29)40)32(42)38-28(14-22-9-6-5-7-10-22)30(41)18-37-17-23-11-8-12-26(13-23)33(34,35)36;2-1-3/h5-13,15-16,20-21,28,30,37,41H,4,14,17-19H2,1-3H3,(H,38,42);1H,(H,2,3)/t21?,28-,30+;/m0./s1. The average molecular weight is 689 g/mol. The molecule has 0 spiro atoms. The van der Waals surface area contributed by atoms with E-state index < -0.39 is 45.1 Å². The zero-order valence-electron chi connectivity index (χ0n) is 26.7. The van der Waals surface area contributed by atoms with Gasteiger partial charge in [0.2, 0.25) is 10.0 Å². The smallest absolute Gasteiger partial charge is 0.416 e. The van der Waals surface area contributed by atoms with E-state index in [1.54, 1.807) is 25.1 Å². The third-order valence-corrected chi connectivity index (χ3v) is 10.5. The number of anilines is 1. The minimum absolute atomic E-state index is 0.0000139. The minimum Gasteiger partial charge on any atom is -0.483 e.